The highest BCUT2D eigenvalue weighted by molar-refractivity contribution is 7.13. The van der Waals surface area contributed by atoms with E-state index in [4.69, 9.17) is 11.6 Å². The topological polar surface area (TPSA) is 84.8 Å². The van der Waals surface area contributed by atoms with Gasteiger partial charge in [0.1, 0.15) is 10.7 Å². The number of carbonyl (C=O) groups is 2. The second-order valence-electron chi connectivity index (χ2n) is 7.50. The van der Waals surface area contributed by atoms with Gasteiger partial charge in [0.25, 0.3) is 5.91 Å². The summed E-state index contributed by atoms with van der Waals surface area (Å²) in [5.74, 6) is -1.29. The number of halogens is 4. The molecule has 1 N–H and O–H groups in total. The first-order chi connectivity index (χ1) is 16.1. The third-order valence-corrected chi connectivity index (χ3v) is 6.52. The molecule has 1 aromatic carbocycles. The summed E-state index contributed by atoms with van der Waals surface area (Å²) < 4.78 is 39.1. The Hall–Kier alpha value is -3.37. The van der Waals surface area contributed by atoms with Crippen LogP contribution in [0.4, 0.5) is 19.0 Å². The van der Waals surface area contributed by atoms with Gasteiger partial charge in [0.15, 0.2) is 5.78 Å². The van der Waals surface area contributed by atoms with Crippen molar-refractivity contribution in [1.29, 1.82) is 0 Å². The predicted octanol–water partition coefficient (Wildman–Crippen LogP) is 6.39. The molecule has 0 spiro atoms. The summed E-state index contributed by atoms with van der Waals surface area (Å²) in [5, 5.41) is 3.18. The average Bonchev–Trinajstić information content (AvgIpc) is 3.30. The van der Waals surface area contributed by atoms with Crippen molar-refractivity contribution in [3.63, 3.8) is 0 Å². The van der Waals surface area contributed by atoms with Gasteiger partial charge >= 0.3 is 6.18 Å². The van der Waals surface area contributed by atoms with Gasteiger partial charge in [-0.1, -0.05) is 24.6 Å². The zero-order valence-corrected chi connectivity index (χ0v) is 19.1. The van der Waals surface area contributed by atoms with E-state index in [2.05, 4.69) is 20.3 Å². The lowest BCUT2D eigenvalue weighted by atomic mass is 9.99. The Bertz CT molecular complexity index is 1390. The number of thiazole rings is 1. The van der Waals surface area contributed by atoms with E-state index in [1.165, 1.54) is 6.20 Å². The number of hydrogen-bond donors (Lipinski definition) is 1. The molecule has 4 rings (SSSR count). The number of ketones is 1. The quantitative estimate of drug-likeness (QED) is 0.308. The van der Waals surface area contributed by atoms with Crippen molar-refractivity contribution in [3.05, 3.63) is 81.0 Å². The molecule has 6 nitrogen and oxygen atoms in total. The summed E-state index contributed by atoms with van der Waals surface area (Å²) in [7, 11) is 0. The normalized spacial score (nSPS) is 12.5. The van der Waals surface area contributed by atoms with Crippen molar-refractivity contribution in [2.75, 3.05) is 5.32 Å². The number of rotatable bonds is 6. The Morgan fingerprint density at radius 2 is 1.91 bits per heavy atom. The van der Waals surface area contributed by atoms with E-state index in [-0.39, 0.29) is 28.8 Å². The highest BCUT2D eigenvalue weighted by Crippen LogP contribution is 2.35. The molecule has 11 heteroatoms. The number of amides is 1. The maximum atomic E-state index is 13.0. The Kier molecular flexibility index (Phi) is 6.63. The lowest BCUT2D eigenvalue weighted by molar-refractivity contribution is -0.137. The summed E-state index contributed by atoms with van der Waals surface area (Å²) in [6.07, 6.45) is -0.678. The fourth-order valence-corrected chi connectivity index (χ4v) is 4.33. The van der Waals surface area contributed by atoms with Crippen molar-refractivity contribution in [2.24, 2.45) is 0 Å². The molecule has 34 heavy (non-hydrogen) atoms. The van der Waals surface area contributed by atoms with Crippen LogP contribution < -0.4 is 5.32 Å². The van der Waals surface area contributed by atoms with Gasteiger partial charge in [0.05, 0.1) is 27.3 Å². The number of Topliss-reactive ketones (excluding diaryl/α,β-unsaturated/α-hetero) is 1. The molecule has 0 saturated carbocycles. The third kappa shape index (κ3) is 5.23. The van der Waals surface area contributed by atoms with E-state index in [0.29, 0.717) is 16.6 Å². The zero-order chi connectivity index (χ0) is 24.5. The van der Waals surface area contributed by atoms with Crippen LogP contribution in [0, 0.1) is 0 Å². The van der Waals surface area contributed by atoms with Gasteiger partial charge in [-0.2, -0.15) is 13.2 Å². The molecule has 0 fully saturated rings. The molecule has 0 radical (unpaired) electrons. The first-order valence-electron chi connectivity index (χ1n) is 9.99. The average molecular weight is 505 g/mol. The van der Waals surface area contributed by atoms with E-state index in [0.717, 1.165) is 28.4 Å². The van der Waals surface area contributed by atoms with Crippen LogP contribution in [0.2, 0.25) is 5.02 Å². The monoisotopic (exact) mass is 504 g/mol. The van der Waals surface area contributed by atoms with Gasteiger partial charge in [0, 0.05) is 35.7 Å². The Morgan fingerprint density at radius 3 is 2.68 bits per heavy atom. The number of aromatic nitrogens is 3. The lowest BCUT2D eigenvalue weighted by Crippen LogP contribution is -2.13. The second-order valence-corrected chi connectivity index (χ2v) is 8.97. The van der Waals surface area contributed by atoms with E-state index in [1.807, 2.05) is 13.0 Å². The number of carbonyl (C=O) groups excluding carboxylic acids is 2. The van der Waals surface area contributed by atoms with Crippen LogP contribution in [0.1, 0.15) is 49.9 Å². The number of hydrogen-bond acceptors (Lipinski definition) is 6. The molecule has 174 valence electrons. The second kappa shape index (κ2) is 9.47. The van der Waals surface area contributed by atoms with E-state index >= 15 is 0 Å². The van der Waals surface area contributed by atoms with E-state index < -0.39 is 22.7 Å². The third-order valence-electron chi connectivity index (χ3n) is 4.99. The molecule has 0 aliphatic rings. The number of fused-ring (bicyclic) bond motifs is 1. The van der Waals surface area contributed by atoms with Gasteiger partial charge in [-0.05, 0) is 30.3 Å². The largest absolute Gasteiger partial charge is 0.418 e. The maximum Gasteiger partial charge on any atom is 0.418 e. The van der Waals surface area contributed by atoms with Crippen LogP contribution in [0.15, 0.2) is 55.0 Å². The molecule has 0 unspecified atom stereocenters. The fourth-order valence-electron chi connectivity index (χ4n) is 3.25. The van der Waals surface area contributed by atoms with Crippen LogP contribution >= 0.6 is 22.9 Å². The molecule has 1 amide bonds. The minimum Gasteiger partial charge on any atom is -0.306 e. The predicted molar refractivity (Wildman–Crippen MR) is 123 cm³/mol. The van der Waals surface area contributed by atoms with Crippen LogP contribution in [-0.2, 0) is 6.18 Å². The molecule has 4 aromatic rings. The lowest BCUT2D eigenvalue weighted by Gasteiger charge is -2.10. The standard InChI is InChI=1S/C23H16ClF3N4O2S/c1-12(7-18(32)14-4-5-17-13(8-14)3-2-6-28-17)22-30-11-19(34-22)21(33)31-20-9-15(23(25,26)27)16(24)10-29-20/h2-6,8-12H,7H2,1H3,(H,29,31,33)/t12-/m0/s1. The fraction of sp³-hybridized carbons (Fsp3) is 0.174. The molecule has 0 aliphatic heterocycles. The maximum absolute atomic E-state index is 13.0. The number of anilines is 1. The Balaban J connectivity index is 1.44. The van der Waals surface area contributed by atoms with Crippen LogP contribution in [-0.4, -0.2) is 26.6 Å². The molecule has 0 aliphatic carbocycles. The molecule has 0 bridgehead atoms. The highest BCUT2D eigenvalue weighted by Gasteiger charge is 2.34. The van der Waals surface area contributed by atoms with Gasteiger partial charge in [0.2, 0.25) is 0 Å². The van der Waals surface area contributed by atoms with Gasteiger partial charge in [-0.3, -0.25) is 14.6 Å². The van der Waals surface area contributed by atoms with Gasteiger partial charge in [-0.25, -0.2) is 9.97 Å². The first-order valence-corrected chi connectivity index (χ1v) is 11.2. The van der Waals surface area contributed by atoms with Crippen molar-refractivity contribution >= 4 is 51.3 Å². The molecule has 3 heterocycles. The van der Waals surface area contributed by atoms with Crippen molar-refractivity contribution < 1.29 is 22.8 Å². The van der Waals surface area contributed by atoms with Crippen LogP contribution in [0.5, 0.6) is 0 Å². The summed E-state index contributed by atoms with van der Waals surface area (Å²) >= 11 is 6.61. The van der Waals surface area contributed by atoms with Gasteiger partial charge < -0.3 is 5.32 Å². The number of nitrogens with one attached hydrogen (secondary N) is 1. The number of nitrogens with zero attached hydrogens (tertiary/aromatic N) is 3. The molecular formula is C23H16ClF3N4O2S. The minimum absolute atomic E-state index is 0.0792. The SMILES string of the molecule is C[C@@H](CC(=O)c1ccc2ncccc2c1)c1ncc(C(=O)Nc2cc(C(F)(F)F)c(Cl)cn2)s1. The van der Waals surface area contributed by atoms with Crippen molar-refractivity contribution in [1.82, 2.24) is 15.0 Å². The van der Waals surface area contributed by atoms with Crippen LogP contribution in [0.25, 0.3) is 10.9 Å². The van der Waals surface area contributed by atoms with Crippen molar-refractivity contribution in [3.8, 4) is 0 Å². The van der Waals surface area contributed by atoms with E-state index in [9.17, 15) is 22.8 Å². The summed E-state index contributed by atoms with van der Waals surface area (Å²) in [6.45, 7) is 1.82. The smallest absolute Gasteiger partial charge is 0.306 e. The van der Waals surface area contributed by atoms with Crippen LogP contribution in [0.3, 0.4) is 0 Å². The summed E-state index contributed by atoms with van der Waals surface area (Å²) in [5.41, 5.74) is 0.248. The van der Waals surface area contributed by atoms with Crippen molar-refractivity contribution in [2.45, 2.75) is 25.4 Å². The minimum atomic E-state index is -4.68. The Morgan fingerprint density at radius 1 is 1.12 bits per heavy atom. The molecule has 0 saturated heterocycles. The number of benzene rings is 1. The zero-order valence-electron chi connectivity index (χ0n) is 17.6. The molecule has 3 aromatic heterocycles. The first kappa shape index (κ1) is 23.8. The number of pyridine rings is 2. The molecular weight excluding hydrogens is 489 g/mol. The Labute approximate surface area is 200 Å². The van der Waals surface area contributed by atoms with E-state index in [1.54, 1.807) is 30.5 Å². The highest BCUT2D eigenvalue weighted by atomic mass is 35.5. The molecule has 1 atom stereocenters. The number of alkyl halides is 3. The summed E-state index contributed by atoms with van der Waals surface area (Å²) in [4.78, 5) is 37.6. The summed E-state index contributed by atoms with van der Waals surface area (Å²) in [6, 6.07) is 9.63. The van der Waals surface area contributed by atoms with Gasteiger partial charge in [-0.15, -0.1) is 11.3 Å².